The van der Waals surface area contributed by atoms with Crippen molar-refractivity contribution < 1.29 is 19.4 Å². The van der Waals surface area contributed by atoms with Crippen molar-refractivity contribution in [2.24, 2.45) is 5.92 Å². The van der Waals surface area contributed by atoms with Gasteiger partial charge < -0.3 is 20.5 Å². The highest BCUT2D eigenvalue weighted by Gasteiger charge is 2.31. The van der Waals surface area contributed by atoms with Crippen LogP contribution in [0.4, 0.5) is 0 Å². The molecule has 1 fully saturated rings. The predicted octanol–water partition coefficient (Wildman–Crippen LogP) is 1.29. The lowest BCUT2D eigenvalue weighted by Gasteiger charge is -2.31. The number of nitrogens with one attached hydrogen (secondary N) is 2. The molecule has 26 heavy (non-hydrogen) atoms. The Morgan fingerprint density at radius 3 is 2.54 bits per heavy atom. The van der Waals surface area contributed by atoms with Gasteiger partial charge in [-0.15, -0.1) is 0 Å². The van der Waals surface area contributed by atoms with Crippen molar-refractivity contribution in [3.05, 3.63) is 48.0 Å². The van der Waals surface area contributed by atoms with Crippen LogP contribution in [-0.2, 0) is 20.9 Å². The largest absolute Gasteiger partial charge is 0.394 e. The van der Waals surface area contributed by atoms with Crippen LogP contribution in [0.1, 0.15) is 31.2 Å². The Kier molecular flexibility index (Phi) is 6.41. The minimum absolute atomic E-state index is 0.0109. The van der Waals surface area contributed by atoms with Crippen molar-refractivity contribution in [1.82, 2.24) is 10.6 Å². The third-order valence-electron chi connectivity index (χ3n) is 4.68. The first kappa shape index (κ1) is 18.6. The average Bonchev–Trinajstić information content (AvgIpc) is 3.46. The maximum absolute atomic E-state index is 12.1. The van der Waals surface area contributed by atoms with Crippen LogP contribution in [0, 0.1) is 5.92 Å². The lowest BCUT2D eigenvalue weighted by molar-refractivity contribution is -0.128. The lowest BCUT2D eigenvalue weighted by Crippen LogP contribution is -2.49. The van der Waals surface area contributed by atoms with E-state index in [-0.39, 0.29) is 30.9 Å². The molecule has 0 aromatic heterocycles. The molecule has 2 aliphatic rings. The van der Waals surface area contributed by atoms with Gasteiger partial charge in [-0.25, -0.2) is 0 Å². The van der Waals surface area contributed by atoms with Gasteiger partial charge in [0, 0.05) is 13.0 Å². The van der Waals surface area contributed by atoms with Crippen molar-refractivity contribution in [2.75, 3.05) is 6.61 Å². The van der Waals surface area contributed by atoms with Crippen molar-refractivity contribution in [3.8, 4) is 0 Å². The van der Waals surface area contributed by atoms with E-state index in [0.717, 1.165) is 18.4 Å². The summed E-state index contributed by atoms with van der Waals surface area (Å²) in [4.78, 5) is 24.1. The van der Waals surface area contributed by atoms with E-state index >= 15 is 0 Å². The second kappa shape index (κ2) is 8.96. The molecule has 0 saturated heterocycles. The molecule has 3 rings (SSSR count). The van der Waals surface area contributed by atoms with Crippen LogP contribution < -0.4 is 10.6 Å². The number of carbonyl (C=O) groups excluding carboxylic acids is 2. The summed E-state index contributed by atoms with van der Waals surface area (Å²) in [6, 6.07) is 9.34. The molecule has 6 nitrogen and oxygen atoms in total. The van der Waals surface area contributed by atoms with Gasteiger partial charge in [0.25, 0.3) is 0 Å². The van der Waals surface area contributed by atoms with Crippen LogP contribution in [0.15, 0.2) is 42.5 Å². The van der Waals surface area contributed by atoms with Crippen LogP contribution >= 0.6 is 0 Å². The van der Waals surface area contributed by atoms with Gasteiger partial charge in [0.1, 0.15) is 6.10 Å². The summed E-state index contributed by atoms with van der Waals surface area (Å²) >= 11 is 0. The summed E-state index contributed by atoms with van der Waals surface area (Å²) in [6.45, 7) is 0.264. The third-order valence-corrected chi connectivity index (χ3v) is 4.68. The highest BCUT2D eigenvalue weighted by Crippen LogP contribution is 2.32. The molecule has 1 heterocycles. The van der Waals surface area contributed by atoms with Crippen molar-refractivity contribution in [3.63, 3.8) is 0 Å². The number of hydrogen-bond donors (Lipinski definition) is 3. The summed E-state index contributed by atoms with van der Waals surface area (Å²) in [5.74, 6) is 0.386. The number of amides is 2. The van der Waals surface area contributed by atoms with Crippen LogP contribution in [0.2, 0.25) is 0 Å². The van der Waals surface area contributed by atoms with Gasteiger partial charge >= 0.3 is 0 Å². The van der Waals surface area contributed by atoms with Crippen molar-refractivity contribution in [1.29, 1.82) is 0 Å². The van der Waals surface area contributed by atoms with E-state index in [4.69, 9.17) is 4.74 Å². The fourth-order valence-electron chi connectivity index (χ4n) is 3.02. The van der Waals surface area contributed by atoms with Gasteiger partial charge in [0.05, 0.1) is 25.2 Å². The average molecular weight is 358 g/mol. The van der Waals surface area contributed by atoms with Crippen molar-refractivity contribution >= 4 is 11.8 Å². The highest BCUT2D eigenvalue weighted by atomic mass is 16.5. The number of hydrogen-bond acceptors (Lipinski definition) is 4. The van der Waals surface area contributed by atoms with E-state index in [0.29, 0.717) is 18.9 Å². The van der Waals surface area contributed by atoms with Crippen LogP contribution in [0.5, 0.6) is 0 Å². The number of rotatable bonds is 8. The van der Waals surface area contributed by atoms with Gasteiger partial charge in [0.2, 0.25) is 11.8 Å². The topological polar surface area (TPSA) is 87.7 Å². The molecule has 1 aliphatic heterocycles. The fourth-order valence-corrected chi connectivity index (χ4v) is 3.02. The first-order valence-corrected chi connectivity index (χ1v) is 9.18. The monoisotopic (exact) mass is 358 g/mol. The Morgan fingerprint density at radius 2 is 1.85 bits per heavy atom. The lowest BCUT2D eigenvalue weighted by atomic mass is 10.0. The van der Waals surface area contributed by atoms with E-state index in [1.165, 1.54) is 0 Å². The molecule has 6 heteroatoms. The molecule has 1 aromatic rings. The molecule has 0 unspecified atom stereocenters. The van der Waals surface area contributed by atoms with Gasteiger partial charge in [-0.1, -0.05) is 42.5 Å². The van der Waals surface area contributed by atoms with Gasteiger partial charge in [0.15, 0.2) is 0 Å². The van der Waals surface area contributed by atoms with E-state index in [2.05, 4.69) is 10.6 Å². The zero-order valence-corrected chi connectivity index (χ0v) is 14.8. The minimum atomic E-state index is -0.532. The second-order valence-corrected chi connectivity index (χ2v) is 6.99. The molecule has 1 saturated carbocycles. The maximum Gasteiger partial charge on any atom is 0.223 e. The van der Waals surface area contributed by atoms with E-state index < -0.39 is 12.2 Å². The summed E-state index contributed by atoms with van der Waals surface area (Å²) in [5.41, 5.74) is 1.03. The molecule has 0 radical (unpaired) electrons. The van der Waals surface area contributed by atoms with Gasteiger partial charge in [-0.3, -0.25) is 9.59 Å². The molecule has 2 amide bonds. The zero-order valence-electron chi connectivity index (χ0n) is 14.8. The SMILES string of the molecule is O=C(C[C@@H]1C=C[C@@H](NC(=O)CC2CC2)[C@@H](CO)O1)NCc1ccccc1. The Balaban J connectivity index is 1.45. The molecule has 0 spiro atoms. The second-order valence-electron chi connectivity index (χ2n) is 6.99. The number of carbonyl (C=O) groups is 2. The molecule has 3 N–H and O–H groups in total. The smallest absolute Gasteiger partial charge is 0.223 e. The molecule has 3 atom stereocenters. The molecule has 0 bridgehead atoms. The van der Waals surface area contributed by atoms with Gasteiger partial charge in [-0.05, 0) is 24.3 Å². The maximum atomic E-state index is 12.1. The Labute approximate surface area is 153 Å². The Morgan fingerprint density at radius 1 is 1.08 bits per heavy atom. The Bertz CT molecular complexity index is 642. The quantitative estimate of drug-likeness (QED) is 0.611. The summed E-state index contributed by atoms with van der Waals surface area (Å²) in [5, 5.41) is 15.3. The summed E-state index contributed by atoms with van der Waals surface area (Å²) in [6.07, 6.45) is 5.63. The fraction of sp³-hybridized carbons (Fsp3) is 0.500. The first-order chi connectivity index (χ1) is 12.6. The summed E-state index contributed by atoms with van der Waals surface area (Å²) < 4.78 is 5.78. The standard InChI is InChI=1S/C20H26N2O4/c23-13-18-17(22-20(25)10-14-6-7-14)9-8-16(26-18)11-19(24)21-12-15-4-2-1-3-5-15/h1-5,8-9,14,16-18,23H,6-7,10-13H2,(H,21,24)(H,22,25)/t16-,17+,18+/m0/s1. The normalized spacial score (nSPS) is 24.9. The number of aliphatic hydroxyl groups excluding tert-OH is 1. The van der Waals surface area contributed by atoms with Crippen LogP contribution in [-0.4, -0.2) is 41.8 Å². The third kappa shape index (κ3) is 5.68. The molecular weight excluding hydrogens is 332 g/mol. The van der Waals surface area contributed by atoms with Crippen LogP contribution in [0.25, 0.3) is 0 Å². The van der Waals surface area contributed by atoms with E-state index in [1.54, 1.807) is 6.08 Å². The number of ether oxygens (including phenoxy) is 1. The van der Waals surface area contributed by atoms with Gasteiger partial charge in [-0.2, -0.15) is 0 Å². The Hall–Kier alpha value is -2.18. The van der Waals surface area contributed by atoms with Crippen LogP contribution in [0.3, 0.4) is 0 Å². The molecular formula is C20H26N2O4. The highest BCUT2D eigenvalue weighted by molar-refractivity contribution is 5.77. The molecule has 1 aliphatic carbocycles. The van der Waals surface area contributed by atoms with E-state index in [1.807, 2.05) is 36.4 Å². The van der Waals surface area contributed by atoms with E-state index in [9.17, 15) is 14.7 Å². The molecule has 140 valence electrons. The van der Waals surface area contributed by atoms with Crippen molar-refractivity contribution in [2.45, 2.75) is 50.5 Å². The number of aliphatic hydroxyl groups is 1. The predicted molar refractivity (Wildman–Crippen MR) is 97.1 cm³/mol. The molecule has 1 aromatic carbocycles. The first-order valence-electron chi connectivity index (χ1n) is 9.18. The zero-order chi connectivity index (χ0) is 18.4. The summed E-state index contributed by atoms with van der Waals surface area (Å²) in [7, 11) is 0. The minimum Gasteiger partial charge on any atom is -0.394 e. The number of benzene rings is 1.